The van der Waals surface area contributed by atoms with Gasteiger partial charge < -0.3 is 10.2 Å². The summed E-state index contributed by atoms with van der Waals surface area (Å²) in [7, 11) is 0. The molecular weight excluding hydrogens is 422 g/mol. The number of amides is 2. The van der Waals surface area contributed by atoms with Gasteiger partial charge in [-0.3, -0.25) is 14.5 Å². The molecule has 1 saturated heterocycles. The van der Waals surface area contributed by atoms with E-state index < -0.39 is 0 Å². The van der Waals surface area contributed by atoms with Gasteiger partial charge in [0.2, 0.25) is 11.8 Å². The first-order valence-corrected chi connectivity index (χ1v) is 13.1. The van der Waals surface area contributed by atoms with Crippen molar-refractivity contribution in [2.24, 2.45) is 11.8 Å². The minimum absolute atomic E-state index is 0.0807. The van der Waals surface area contributed by atoms with Crippen LogP contribution < -0.4 is 5.32 Å². The van der Waals surface area contributed by atoms with Crippen molar-refractivity contribution in [3.63, 3.8) is 0 Å². The van der Waals surface area contributed by atoms with Crippen LogP contribution in [0.25, 0.3) is 0 Å². The maximum absolute atomic E-state index is 13.2. The van der Waals surface area contributed by atoms with Crippen LogP contribution in [0.1, 0.15) is 63.1 Å². The van der Waals surface area contributed by atoms with Crippen LogP contribution in [0.2, 0.25) is 0 Å². The Kier molecular flexibility index (Phi) is 8.39. The normalized spacial score (nSPS) is 20.5. The van der Waals surface area contributed by atoms with E-state index in [4.69, 9.17) is 0 Å². The van der Waals surface area contributed by atoms with Gasteiger partial charge in [0.1, 0.15) is 0 Å². The van der Waals surface area contributed by atoms with E-state index in [-0.39, 0.29) is 35.7 Å². The van der Waals surface area contributed by atoms with Gasteiger partial charge in [0, 0.05) is 32.2 Å². The van der Waals surface area contributed by atoms with Gasteiger partial charge in [-0.05, 0) is 30.4 Å². The van der Waals surface area contributed by atoms with Gasteiger partial charge >= 0.3 is 0 Å². The summed E-state index contributed by atoms with van der Waals surface area (Å²) in [5.41, 5.74) is 2.56. The lowest BCUT2D eigenvalue weighted by Crippen LogP contribution is -2.50. The highest BCUT2D eigenvalue weighted by Gasteiger charge is 2.50. The van der Waals surface area contributed by atoms with Crippen molar-refractivity contribution in [3.05, 3.63) is 71.8 Å². The molecule has 1 aliphatic carbocycles. The number of hydrogen-bond acceptors (Lipinski definition) is 3. The van der Waals surface area contributed by atoms with Gasteiger partial charge in [-0.1, -0.05) is 87.4 Å². The molecule has 34 heavy (non-hydrogen) atoms. The zero-order valence-electron chi connectivity index (χ0n) is 20.7. The molecule has 5 nitrogen and oxygen atoms in total. The Morgan fingerprint density at radius 3 is 1.85 bits per heavy atom. The number of hydrogen-bond donors (Lipinski definition) is 1. The molecule has 2 aliphatic rings. The van der Waals surface area contributed by atoms with Crippen molar-refractivity contribution < 1.29 is 9.59 Å². The molecule has 0 radical (unpaired) electrons. The van der Waals surface area contributed by atoms with E-state index in [1.807, 2.05) is 4.90 Å². The summed E-state index contributed by atoms with van der Waals surface area (Å²) in [6.07, 6.45) is 4.85. The van der Waals surface area contributed by atoms with E-state index >= 15 is 0 Å². The van der Waals surface area contributed by atoms with Gasteiger partial charge in [0.05, 0.1) is 17.9 Å². The second-order valence-corrected chi connectivity index (χ2v) is 9.82. The maximum Gasteiger partial charge on any atom is 0.226 e. The van der Waals surface area contributed by atoms with Gasteiger partial charge in [0.25, 0.3) is 0 Å². The summed E-state index contributed by atoms with van der Waals surface area (Å²) in [5, 5.41) is 3.21. The summed E-state index contributed by atoms with van der Waals surface area (Å²) in [6, 6.07) is 21.7. The molecule has 4 rings (SSSR count). The fourth-order valence-corrected chi connectivity index (χ4v) is 5.37. The smallest absolute Gasteiger partial charge is 0.226 e. The van der Waals surface area contributed by atoms with E-state index in [1.54, 1.807) is 0 Å². The van der Waals surface area contributed by atoms with Gasteiger partial charge in [-0.25, -0.2) is 0 Å². The molecule has 1 N–H and O–H groups in total. The second kappa shape index (κ2) is 11.7. The van der Waals surface area contributed by atoms with Crippen LogP contribution in [0.15, 0.2) is 60.7 Å². The summed E-state index contributed by atoms with van der Waals surface area (Å²) in [6.45, 7) is 7.40. The molecule has 2 aromatic rings. The van der Waals surface area contributed by atoms with E-state index in [0.29, 0.717) is 19.5 Å². The third-order valence-electron chi connectivity index (χ3n) is 7.29. The first-order valence-electron chi connectivity index (χ1n) is 13.1. The first kappa shape index (κ1) is 24.5. The average molecular weight is 462 g/mol. The maximum atomic E-state index is 13.2. The molecule has 5 heteroatoms. The SMILES string of the molecule is CCCC(CCC)NC(=O)[C@H]1C[C@@H]1C(=O)N1CCN(C(c2ccccc2)c2ccccc2)CC1. The number of carbonyl (C=O) groups excluding carboxylic acids is 2. The zero-order valence-corrected chi connectivity index (χ0v) is 20.7. The van der Waals surface area contributed by atoms with Crippen molar-refractivity contribution in [2.45, 2.75) is 58.0 Å². The molecule has 2 aromatic carbocycles. The number of rotatable bonds is 10. The highest BCUT2D eigenvalue weighted by Crippen LogP contribution is 2.41. The van der Waals surface area contributed by atoms with Crippen LogP contribution in [0, 0.1) is 11.8 Å². The zero-order chi connectivity index (χ0) is 23.9. The minimum atomic E-state index is -0.136. The Morgan fingerprint density at radius 1 is 0.824 bits per heavy atom. The lowest BCUT2D eigenvalue weighted by atomic mass is 9.96. The summed E-state index contributed by atoms with van der Waals surface area (Å²) in [4.78, 5) is 30.3. The molecule has 0 spiro atoms. The van der Waals surface area contributed by atoms with Crippen LogP contribution in [-0.2, 0) is 9.59 Å². The Balaban J connectivity index is 1.33. The fourth-order valence-electron chi connectivity index (χ4n) is 5.37. The quantitative estimate of drug-likeness (QED) is 0.561. The highest BCUT2D eigenvalue weighted by atomic mass is 16.2. The molecule has 2 amide bonds. The Bertz CT molecular complexity index is 879. The predicted molar refractivity (Wildman–Crippen MR) is 136 cm³/mol. The molecule has 2 atom stereocenters. The molecule has 0 unspecified atom stereocenters. The first-order chi connectivity index (χ1) is 16.6. The van der Waals surface area contributed by atoms with Gasteiger partial charge in [-0.15, -0.1) is 0 Å². The van der Waals surface area contributed by atoms with Crippen molar-refractivity contribution in [3.8, 4) is 0 Å². The highest BCUT2D eigenvalue weighted by molar-refractivity contribution is 5.92. The minimum Gasteiger partial charge on any atom is -0.353 e. The number of nitrogens with zero attached hydrogens (tertiary/aromatic N) is 2. The number of carbonyl (C=O) groups is 2. The van der Waals surface area contributed by atoms with E-state index in [0.717, 1.165) is 38.8 Å². The standard InChI is InChI=1S/C29H39N3O2/c1-3-11-24(12-4-2)30-28(33)25-21-26(25)29(34)32-19-17-31(18-20-32)27(22-13-7-5-8-14-22)23-15-9-6-10-16-23/h5-10,13-16,24-27H,3-4,11-12,17-21H2,1-2H3,(H,30,33)/t25-,26-/m0/s1. The summed E-state index contributed by atoms with van der Waals surface area (Å²) in [5.74, 6) is -0.0203. The Morgan fingerprint density at radius 2 is 1.35 bits per heavy atom. The summed E-state index contributed by atoms with van der Waals surface area (Å²) >= 11 is 0. The third-order valence-corrected chi connectivity index (χ3v) is 7.29. The van der Waals surface area contributed by atoms with E-state index in [9.17, 15) is 9.59 Å². The molecule has 1 aliphatic heterocycles. The third kappa shape index (κ3) is 5.87. The molecule has 2 fully saturated rings. The fraction of sp³-hybridized carbons (Fsp3) is 0.517. The van der Waals surface area contributed by atoms with Crippen molar-refractivity contribution in [1.29, 1.82) is 0 Å². The molecule has 1 heterocycles. The second-order valence-electron chi connectivity index (χ2n) is 9.82. The summed E-state index contributed by atoms with van der Waals surface area (Å²) < 4.78 is 0. The van der Waals surface area contributed by atoms with Crippen LogP contribution in [0.3, 0.4) is 0 Å². The number of nitrogens with one attached hydrogen (secondary N) is 1. The molecule has 0 bridgehead atoms. The Hall–Kier alpha value is -2.66. The average Bonchev–Trinajstić information content (AvgIpc) is 3.67. The van der Waals surface area contributed by atoms with Crippen molar-refractivity contribution in [2.75, 3.05) is 26.2 Å². The largest absolute Gasteiger partial charge is 0.353 e. The van der Waals surface area contributed by atoms with E-state index in [2.05, 4.69) is 84.7 Å². The molecule has 0 aromatic heterocycles. The molecule has 182 valence electrons. The number of benzene rings is 2. The Labute approximate surface area is 204 Å². The van der Waals surface area contributed by atoms with Crippen LogP contribution in [0.5, 0.6) is 0 Å². The molecule has 1 saturated carbocycles. The number of piperazine rings is 1. The monoisotopic (exact) mass is 461 g/mol. The van der Waals surface area contributed by atoms with Gasteiger partial charge in [0.15, 0.2) is 0 Å². The van der Waals surface area contributed by atoms with E-state index in [1.165, 1.54) is 11.1 Å². The predicted octanol–water partition coefficient (Wildman–Crippen LogP) is 4.64. The lowest BCUT2D eigenvalue weighted by molar-refractivity contribution is -0.136. The van der Waals surface area contributed by atoms with Crippen molar-refractivity contribution >= 4 is 11.8 Å². The lowest BCUT2D eigenvalue weighted by Gasteiger charge is -2.40. The van der Waals surface area contributed by atoms with Crippen LogP contribution >= 0.6 is 0 Å². The van der Waals surface area contributed by atoms with Crippen LogP contribution in [0.4, 0.5) is 0 Å². The van der Waals surface area contributed by atoms with Crippen molar-refractivity contribution in [1.82, 2.24) is 15.1 Å². The van der Waals surface area contributed by atoms with Gasteiger partial charge in [-0.2, -0.15) is 0 Å². The molecular formula is C29H39N3O2. The van der Waals surface area contributed by atoms with Crippen LogP contribution in [-0.4, -0.2) is 53.8 Å². The topological polar surface area (TPSA) is 52.7 Å².